The quantitative estimate of drug-likeness (QED) is 0.293. The third-order valence-electron chi connectivity index (χ3n) is 6.84. The second-order valence-corrected chi connectivity index (χ2v) is 8.25. The van der Waals surface area contributed by atoms with Crippen LogP contribution in [0.1, 0.15) is 76.5 Å². The maximum Gasteiger partial charge on any atom is 0.169 e. The smallest absolute Gasteiger partial charge is 0.169 e. The Balaban J connectivity index is 1.90. The van der Waals surface area contributed by atoms with Crippen LogP contribution in [0, 0.1) is 0 Å². The summed E-state index contributed by atoms with van der Waals surface area (Å²) in [5, 5.41) is 0. The minimum absolute atomic E-state index is 0.688. The maximum absolute atomic E-state index is 2.32. The Kier molecular flexibility index (Phi) is 9.60. The van der Waals surface area contributed by atoms with Crippen LogP contribution < -0.4 is 4.57 Å². The highest BCUT2D eigenvalue weighted by atomic mass is 15.3. The highest BCUT2D eigenvalue weighted by Gasteiger charge is 2.20. The van der Waals surface area contributed by atoms with E-state index in [2.05, 4.69) is 100 Å². The molecule has 158 valence electrons. The van der Waals surface area contributed by atoms with Gasteiger partial charge in [0, 0.05) is 12.1 Å². The van der Waals surface area contributed by atoms with E-state index in [0.29, 0.717) is 5.92 Å². The first-order chi connectivity index (χ1) is 14.1. The molecule has 0 bridgehead atoms. The van der Waals surface area contributed by atoms with E-state index in [4.69, 9.17) is 0 Å². The van der Waals surface area contributed by atoms with Gasteiger partial charge in [-0.2, -0.15) is 0 Å². The van der Waals surface area contributed by atoms with E-state index < -0.39 is 0 Å². The van der Waals surface area contributed by atoms with Crippen LogP contribution in [0.2, 0.25) is 0 Å². The molecule has 2 aromatic rings. The number of quaternary nitrogens is 1. The van der Waals surface area contributed by atoms with E-state index >= 15 is 0 Å². The van der Waals surface area contributed by atoms with Crippen molar-refractivity contribution < 1.29 is 9.05 Å². The molecule has 0 aliphatic heterocycles. The molecule has 0 spiro atoms. The van der Waals surface area contributed by atoms with Gasteiger partial charge < -0.3 is 4.48 Å². The molecule has 1 aromatic heterocycles. The summed E-state index contributed by atoms with van der Waals surface area (Å²) >= 11 is 0. The summed E-state index contributed by atoms with van der Waals surface area (Å²) in [4.78, 5) is 0. The van der Waals surface area contributed by atoms with Gasteiger partial charge in [-0.15, -0.1) is 0 Å². The number of rotatable bonds is 12. The van der Waals surface area contributed by atoms with Gasteiger partial charge in [-0.1, -0.05) is 50.3 Å². The van der Waals surface area contributed by atoms with Crippen LogP contribution in [0.4, 0.5) is 0 Å². The van der Waals surface area contributed by atoms with Gasteiger partial charge in [-0.3, -0.25) is 0 Å². The van der Waals surface area contributed by atoms with Crippen molar-refractivity contribution in [1.82, 2.24) is 0 Å². The van der Waals surface area contributed by atoms with Crippen LogP contribution in [0.15, 0.2) is 48.8 Å². The van der Waals surface area contributed by atoms with Crippen LogP contribution in [-0.2, 0) is 6.54 Å². The fourth-order valence-corrected chi connectivity index (χ4v) is 4.29. The third-order valence-corrected chi connectivity index (χ3v) is 6.84. The minimum Gasteiger partial charge on any atom is -0.324 e. The molecule has 0 saturated heterocycles. The average Bonchev–Trinajstić information content (AvgIpc) is 2.78. The van der Waals surface area contributed by atoms with E-state index in [1.54, 1.807) is 0 Å². The summed E-state index contributed by atoms with van der Waals surface area (Å²) in [6.07, 6.45) is 12.5. The lowest BCUT2D eigenvalue weighted by atomic mass is 9.93. The zero-order chi connectivity index (χ0) is 21.1. The molecule has 0 atom stereocenters. The Morgan fingerprint density at radius 1 is 0.759 bits per heavy atom. The van der Waals surface area contributed by atoms with Crippen molar-refractivity contribution >= 4 is 12.2 Å². The fourth-order valence-electron chi connectivity index (χ4n) is 4.29. The third kappa shape index (κ3) is 6.82. The lowest BCUT2D eigenvalue weighted by Crippen LogP contribution is -2.49. The van der Waals surface area contributed by atoms with E-state index in [0.717, 1.165) is 6.54 Å². The van der Waals surface area contributed by atoms with E-state index in [1.165, 1.54) is 66.6 Å². The Hall–Kier alpha value is -1.93. The van der Waals surface area contributed by atoms with Gasteiger partial charge in [0.25, 0.3) is 0 Å². The molecule has 2 heteroatoms. The van der Waals surface area contributed by atoms with Crippen molar-refractivity contribution in [2.45, 2.75) is 66.3 Å². The normalized spacial score (nSPS) is 12.2. The molecule has 0 saturated carbocycles. The number of nitrogens with zero attached hydrogens (tertiary/aromatic N) is 2. The van der Waals surface area contributed by atoms with Gasteiger partial charge in [0.1, 0.15) is 0 Å². The molecule has 0 aliphatic carbocycles. The van der Waals surface area contributed by atoms with Crippen LogP contribution >= 0.6 is 0 Å². The molecular weight excluding hydrogens is 352 g/mol. The van der Waals surface area contributed by atoms with Gasteiger partial charge >= 0.3 is 0 Å². The number of aryl methyl sites for hydroxylation is 1. The highest BCUT2D eigenvalue weighted by molar-refractivity contribution is 5.69. The standard InChI is InChI=1S/C27H42N2/c1-6-26(7-2)27-16-14-24(15-17-27)12-13-25-18-21-28(22-19-25)20-11-23-29(8-3,9-4)10-5/h12-19,21-22,26H,6-11,20,23H2,1-5H3/q+2/b13-12+. The number of hydrogen-bond donors (Lipinski definition) is 0. The molecule has 2 rings (SSSR count). The topological polar surface area (TPSA) is 3.88 Å². The first kappa shape index (κ1) is 23.3. The number of benzene rings is 1. The number of pyridine rings is 1. The average molecular weight is 395 g/mol. The lowest BCUT2D eigenvalue weighted by molar-refractivity contribution is -0.925. The van der Waals surface area contributed by atoms with Crippen LogP contribution in [-0.4, -0.2) is 30.7 Å². The zero-order valence-electron chi connectivity index (χ0n) is 19.4. The first-order valence-corrected chi connectivity index (χ1v) is 11.7. The van der Waals surface area contributed by atoms with E-state index in [9.17, 15) is 0 Å². The van der Waals surface area contributed by atoms with Crippen LogP contribution in [0.3, 0.4) is 0 Å². The molecule has 29 heavy (non-hydrogen) atoms. The summed E-state index contributed by atoms with van der Waals surface area (Å²) in [5.74, 6) is 0.688. The maximum atomic E-state index is 2.32. The van der Waals surface area contributed by atoms with Crippen molar-refractivity contribution in [3.8, 4) is 0 Å². The Labute approximate surface area is 179 Å². The molecule has 0 radical (unpaired) electrons. The predicted molar refractivity (Wildman–Crippen MR) is 127 cm³/mol. The van der Waals surface area contributed by atoms with Crippen molar-refractivity contribution in [2.75, 3.05) is 26.2 Å². The summed E-state index contributed by atoms with van der Waals surface area (Å²) in [7, 11) is 0. The fraction of sp³-hybridized carbons (Fsp3) is 0.519. The second kappa shape index (κ2) is 11.9. The van der Waals surface area contributed by atoms with Crippen LogP contribution in [0.25, 0.3) is 12.2 Å². The Bertz CT molecular complexity index is 712. The largest absolute Gasteiger partial charge is 0.324 e. The summed E-state index contributed by atoms with van der Waals surface area (Å²) < 4.78 is 3.55. The summed E-state index contributed by atoms with van der Waals surface area (Å²) in [5.41, 5.74) is 3.99. The van der Waals surface area contributed by atoms with Gasteiger partial charge in [-0.05, 0) is 56.2 Å². The molecule has 0 amide bonds. The predicted octanol–water partition coefficient (Wildman–Crippen LogP) is 6.31. The molecular formula is C27H42N2+2. The van der Waals surface area contributed by atoms with Gasteiger partial charge in [-0.25, -0.2) is 4.57 Å². The summed E-state index contributed by atoms with van der Waals surface area (Å²) in [6, 6.07) is 13.5. The number of hydrogen-bond acceptors (Lipinski definition) is 0. The molecule has 0 N–H and O–H groups in total. The Morgan fingerprint density at radius 2 is 1.28 bits per heavy atom. The molecule has 0 fully saturated rings. The molecule has 0 aliphatic rings. The molecule has 0 unspecified atom stereocenters. The second-order valence-electron chi connectivity index (χ2n) is 8.25. The molecule has 2 nitrogen and oxygen atoms in total. The van der Waals surface area contributed by atoms with E-state index in [1.807, 2.05) is 0 Å². The monoisotopic (exact) mass is 394 g/mol. The number of aromatic nitrogens is 1. The zero-order valence-corrected chi connectivity index (χ0v) is 19.4. The summed E-state index contributed by atoms with van der Waals surface area (Å²) in [6.45, 7) is 17.6. The van der Waals surface area contributed by atoms with Crippen molar-refractivity contribution in [3.63, 3.8) is 0 Å². The van der Waals surface area contributed by atoms with Crippen molar-refractivity contribution in [3.05, 3.63) is 65.5 Å². The first-order valence-electron chi connectivity index (χ1n) is 11.7. The lowest BCUT2D eigenvalue weighted by Gasteiger charge is -2.35. The minimum atomic E-state index is 0.688. The molecule has 1 aromatic carbocycles. The van der Waals surface area contributed by atoms with Crippen molar-refractivity contribution in [1.29, 1.82) is 0 Å². The van der Waals surface area contributed by atoms with Gasteiger partial charge in [0.15, 0.2) is 18.9 Å². The molecule has 1 heterocycles. The highest BCUT2D eigenvalue weighted by Crippen LogP contribution is 2.23. The Morgan fingerprint density at radius 3 is 1.76 bits per heavy atom. The van der Waals surface area contributed by atoms with Crippen molar-refractivity contribution in [2.24, 2.45) is 0 Å². The van der Waals surface area contributed by atoms with Gasteiger partial charge in [0.05, 0.1) is 32.6 Å². The van der Waals surface area contributed by atoms with Gasteiger partial charge in [0.2, 0.25) is 0 Å². The van der Waals surface area contributed by atoms with Crippen LogP contribution in [0.5, 0.6) is 0 Å². The SMILES string of the molecule is CCC(CC)c1ccc(/C=C/c2cc[n+](CCC[N+](CC)(CC)CC)cc2)cc1. The van der Waals surface area contributed by atoms with E-state index in [-0.39, 0.29) is 0 Å².